The van der Waals surface area contributed by atoms with Crippen molar-refractivity contribution in [3.63, 3.8) is 0 Å². The molecule has 1 unspecified atom stereocenters. The van der Waals surface area contributed by atoms with E-state index in [1.165, 1.54) is 11.8 Å². The predicted octanol–water partition coefficient (Wildman–Crippen LogP) is 3.78. The number of aryl methyl sites for hydroxylation is 2. The van der Waals surface area contributed by atoms with Crippen molar-refractivity contribution in [3.8, 4) is 0 Å². The number of hydrogen-bond acceptors (Lipinski definition) is 6. The Labute approximate surface area is 163 Å². The number of nitrogens with two attached hydrogens (primary N) is 1. The standard InChI is InChI=1S/C16H15BrClN5OS/c1-8-4-3-5-10(18)14(8)23-7-11(15(19)24)25-16(23)22-13-6-12(17)20-9(2)21-13/h3-7,16H,1-2H3,(H2,19,24)(H,20,21,22). The van der Waals surface area contributed by atoms with Crippen LogP contribution in [0.15, 0.2) is 40.0 Å². The molecule has 1 aromatic carbocycles. The highest BCUT2D eigenvalue weighted by molar-refractivity contribution is 9.10. The maximum atomic E-state index is 11.7. The Hall–Kier alpha value is -1.77. The molecular weight excluding hydrogens is 426 g/mol. The number of anilines is 2. The van der Waals surface area contributed by atoms with E-state index in [9.17, 15) is 4.79 Å². The molecule has 0 saturated carbocycles. The fraction of sp³-hybridized carbons (Fsp3) is 0.188. The normalized spacial score (nSPS) is 16.7. The van der Waals surface area contributed by atoms with E-state index in [0.29, 0.717) is 26.2 Å². The van der Waals surface area contributed by atoms with Gasteiger partial charge in [-0.15, -0.1) is 0 Å². The average Bonchev–Trinajstić information content (AvgIpc) is 2.90. The molecule has 0 radical (unpaired) electrons. The van der Waals surface area contributed by atoms with E-state index in [4.69, 9.17) is 17.3 Å². The number of nitrogens with zero attached hydrogens (tertiary/aromatic N) is 3. The summed E-state index contributed by atoms with van der Waals surface area (Å²) in [6.45, 7) is 3.77. The summed E-state index contributed by atoms with van der Waals surface area (Å²) in [5.74, 6) is 0.776. The summed E-state index contributed by atoms with van der Waals surface area (Å²) in [6.07, 6.45) is 1.71. The Morgan fingerprint density at radius 1 is 1.40 bits per heavy atom. The molecule has 0 bridgehead atoms. The summed E-state index contributed by atoms with van der Waals surface area (Å²) in [6, 6.07) is 7.43. The van der Waals surface area contributed by atoms with E-state index in [1.54, 1.807) is 19.2 Å². The third kappa shape index (κ3) is 3.91. The number of thioether (sulfide) groups is 1. The summed E-state index contributed by atoms with van der Waals surface area (Å²) in [5, 5.41) is 3.89. The first-order valence-corrected chi connectivity index (χ1v) is 9.39. The quantitative estimate of drug-likeness (QED) is 0.704. The lowest BCUT2D eigenvalue weighted by atomic mass is 10.2. The second kappa shape index (κ2) is 7.23. The number of halogens is 2. The molecule has 0 fully saturated rings. The molecule has 1 aliphatic heterocycles. The van der Waals surface area contributed by atoms with Crippen molar-refractivity contribution in [1.29, 1.82) is 0 Å². The van der Waals surface area contributed by atoms with Crippen LogP contribution in [-0.2, 0) is 4.79 Å². The van der Waals surface area contributed by atoms with Crippen LogP contribution in [0.2, 0.25) is 5.02 Å². The number of nitrogens with one attached hydrogen (secondary N) is 1. The monoisotopic (exact) mass is 439 g/mol. The maximum Gasteiger partial charge on any atom is 0.256 e. The average molecular weight is 441 g/mol. The largest absolute Gasteiger partial charge is 0.365 e. The summed E-state index contributed by atoms with van der Waals surface area (Å²) >= 11 is 11.1. The maximum absolute atomic E-state index is 11.7. The summed E-state index contributed by atoms with van der Waals surface area (Å²) < 4.78 is 0.675. The first-order valence-electron chi connectivity index (χ1n) is 7.34. The lowest BCUT2D eigenvalue weighted by Gasteiger charge is -2.28. The minimum Gasteiger partial charge on any atom is -0.365 e. The Morgan fingerprint density at radius 2 is 2.16 bits per heavy atom. The van der Waals surface area contributed by atoms with Crippen LogP contribution >= 0.6 is 39.3 Å². The predicted molar refractivity (Wildman–Crippen MR) is 105 cm³/mol. The van der Waals surface area contributed by atoms with Crippen LogP contribution in [0.5, 0.6) is 0 Å². The van der Waals surface area contributed by atoms with Gasteiger partial charge < -0.3 is 16.0 Å². The number of aromatic nitrogens is 2. The highest BCUT2D eigenvalue weighted by Gasteiger charge is 2.31. The smallest absolute Gasteiger partial charge is 0.256 e. The minimum atomic E-state index is -0.482. The zero-order chi connectivity index (χ0) is 18.1. The molecule has 9 heteroatoms. The van der Waals surface area contributed by atoms with Gasteiger partial charge in [0.25, 0.3) is 5.91 Å². The number of para-hydroxylation sites is 1. The van der Waals surface area contributed by atoms with Crippen molar-refractivity contribution < 1.29 is 4.79 Å². The van der Waals surface area contributed by atoms with Crippen molar-refractivity contribution in [2.24, 2.45) is 5.73 Å². The Kier molecular flexibility index (Phi) is 5.21. The number of benzene rings is 1. The highest BCUT2D eigenvalue weighted by atomic mass is 79.9. The first kappa shape index (κ1) is 18.0. The number of carbonyl (C=O) groups excluding carboxylic acids is 1. The molecule has 0 aliphatic carbocycles. The third-order valence-corrected chi connectivity index (χ3v) is 5.36. The van der Waals surface area contributed by atoms with Crippen LogP contribution in [0.1, 0.15) is 11.4 Å². The Morgan fingerprint density at radius 3 is 2.80 bits per heavy atom. The van der Waals surface area contributed by atoms with Crippen molar-refractivity contribution in [1.82, 2.24) is 9.97 Å². The lowest BCUT2D eigenvalue weighted by Crippen LogP contribution is -2.32. The molecule has 2 heterocycles. The molecule has 3 rings (SSSR count). The van der Waals surface area contributed by atoms with E-state index in [2.05, 4.69) is 31.2 Å². The van der Waals surface area contributed by atoms with Gasteiger partial charge in [-0.3, -0.25) is 4.79 Å². The van der Waals surface area contributed by atoms with E-state index in [-0.39, 0.29) is 5.50 Å². The molecule has 2 aromatic rings. The van der Waals surface area contributed by atoms with Gasteiger partial charge in [-0.25, -0.2) is 9.97 Å². The van der Waals surface area contributed by atoms with Crippen molar-refractivity contribution >= 4 is 56.7 Å². The van der Waals surface area contributed by atoms with Crippen molar-refractivity contribution in [3.05, 3.63) is 56.4 Å². The third-order valence-electron chi connectivity index (χ3n) is 3.52. The van der Waals surface area contributed by atoms with Crippen molar-refractivity contribution in [2.75, 3.05) is 10.2 Å². The molecule has 6 nitrogen and oxygen atoms in total. The molecule has 3 N–H and O–H groups in total. The van der Waals surface area contributed by atoms with Gasteiger partial charge in [0.1, 0.15) is 16.2 Å². The number of hydrogen-bond donors (Lipinski definition) is 2. The number of primary amides is 1. The van der Waals surface area contributed by atoms with Crippen LogP contribution in [0, 0.1) is 13.8 Å². The number of rotatable bonds is 4. The molecule has 25 heavy (non-hydrogen) atoms. The highest BCUT2D eigenvalue weighted by Crippen LogP contribution is 2.41. The van der Waals surface area contributed by atoms with Gasteiger partial charge in [-0.2, -0.15) is 0 Å². The summed E-state index contributed by atoms with van der Waals surface area (Å²) in [5.41, 5.74) is 6.96. The summed E-state index contributed by atoms with van der Waals surface area (Å²) in [7, 11) is 0. The van der Waals surface area contributed by atoms with Crippen LogP contribution in [0.25, 0.3) is 0 Å². The van der Waals surface area contributed by atoms with Gasteiger partial charge in [-0.05, 0) is 41.4 Å². The van der Waals surface area contributed by atoms with E-state index in [1.807, 2.05) is 30.0 Å². The van der Waals surface area contributed by atoms with E-state index in [0.717, 1.165) is 11.3 Å². The molecule has 0 saturated heterocycles. The molecule has 130 valence electrons. The van der Waals surface area contributed by atoms with Gasteiger partial charge in [-0.1, -0.05) is 35.5 Å². The minimum absolute atomic E-state index is 0.317. The molecule has 1 aromatic heterocycles. The molecule has 1 atom stereocenters. The molecular formula is C16H15BrClN5OS. The van der Waals surface area contributed by atoms with Gasteiger partial charge in [0.2, 0.25) is 0 Å². The fourth-order valence-corrected chi connectivity index (χ4v) is 4.27. The van der Waals surface area contributed by atoms with E-state index < -0.39 is 5.91 Å². The Balaban J connectivity index is 1.98. The first-order chi connectivity index (χ1) is 11.8. The number of carbonyl (C=O) groups is 1. The van der Waals surface area contributed by atoms with Crippen LogP contribution in [0.3, 0.4) is 0 Å². The van der Waals surface area contributed by atoms with E-state index >= 15 is 0 Å². The molecule has 1 aliphatic rings. The van der Waals surface area contributed by atoms with Crippen LogP contribution in [-0.4, -0.2) is 21.4 Å². The summed E-state index contributed by atoms with van der Waals surface area (Å²) in [4.78, 5) is 22.6. The topological polar surface area (TPSA) is 84.1 Å². The van der Waals surface area contributed by atoms with Gasteiger partial charge in [0.15, 0.2) is 5.50 Å². The number of amides is 1. The zero-order valence-electron chi connectivity index (χ0n) is 13.5. The lowest BCUT2D eigenvalue weighted by molar-refractivity contribution is -0.113. The van der Waals surface area contributed by atoms with Crippen molar-refractivity contribution in [2.45, 2.75) is 19.3 Å². The van der Waals surface area contributed by atoms with Gasteiger partial charge >= 0.3 is 0 Å². The fourth-order valence-electron chi connectivity index (χ4n) is 2.49. The second-order valence-electron chi connectivity index (χ2n) is 5.41. The van der Waals surface area contributed by atoms with Crippen LogP contribution < -0.4 is 16.0 Å². The molecule has 0 spiro atoms. The molecule has 1 amide bonds. The van der Waals surface area contributed by atoms with Crippen LogP contribution in [0.4, 0.5) is 11.5 Å². The SMILES string of the molecule is Cc1nc(Br)cc(NC2SC(C(N)=O)=CN2c2c(C)cccc2Cl)n1. The van der Waals surface area contributed by atoms with Gasteiger partial charge in [0, 0.05) is 12.3 Å². The second-order valence-corrected chi connectivity index (χ2v) is 7.75. The zero-order valence-corrected chi connectivity index (χ0v) is 16.6. The Bertz CT molecular complexity index is 835. The van der Waals surface area contributed by atoms with Gasteiger partial charge in [0.05, 0.1) is 15.6 Å².